The highest BCUT2D eigenvalue weighted by molar-refractivity contribution is 6.13. The molecule has 5 heteroatoms. The molecule has 0 bridgehead atoms. The molecule has 0 saturated carbocycles. The van der Waals surface area contributed by atoms with Crippen molar-refractivity contribution >= 4 is 65.4 Å². The number of rotatable bonds is 4. The van der Waals surface area contributed by atoms with E-state index >= 15 is 0 Å². The molecule has 0 aliphatic rings. The van der Waals surface area contributed by atoms with Crippen molar-refractivity contribution in [3.63, 3.8) is 0 Å². The fourth-order valence-corrected chi connectivity index (χ4v) is 8.83. The Morgan fingerprint density at radius 2 is 0.818 bits per heavy atom. The van der Waals surface area contributed by atoms with Gasteiger partial charge in [-0.05, 0) is 66.7 Å². The normalized spacial score (nSPS) is 11.6. The van der Waals surface area contributed by atoms with E-state index in [-0.39, 0.29) is 0 Å². The molecule has 55 heavy (non-hydrogen) atoms. The lowest BCUT2D eigenvalue weighted by atomic mass is 9.96. The van der Waals surface area contributed by atoms with Gasteiger partial charge in [0.1, 0.15) is 6.07 Å². The van der Waals surface area contributed by atoms with Crippen molar-refractivity contribution in [3.8, 4) is 40.3 Å². The lowest BCUT2D eigenvalue weighted by molar-refractivity contribution is 1.15. The molecular formula is C50H29N5. The van der Waals surface area contributed by atoms with Gasteiger partial charge in [0.05, 0.1) is 61.7 Å². The van der Waals surface area contributed by atoms with Gasteiger partial charge < -0.3 is 13.7 Å². The summed E-state index contributed by atoms with van der Waals surface area (Å²) in [6, 6.07) is 65.9. The van der Waals surface area contributed by atoms with Crippen molar-refractivity contribution in [3.05, 3.63) is 187 Å². The molecule has 11 rings (SSSR count). The second-order valence-corrected chi connectivity index (χ2v) is 13.9. The first-order chi connectivity index (χ1) is 27.2. The van der Waals surface area contributed by atoms with Crippen LogP contribution in [0.5, 0.6) is 0 Å². The Kier molecular flexibility index (Phi) is 6.61. The Hall–Kier alpha value is -7.86. The molecule has 0 aliphatic heterocycles. The van der Waals surface area contributed by atoms with Gasteiger partial charge in [-0.2, -0.15) is 10.5 Å². The van der Waals surface area contributed by atoms with E-state index in [0.29, 0.717) is 11.1 Å². The summed E-state index contributed by atoms with van der Waals surface area (Å²) in [5.74, 6) is 0. The average Bonchev–Trinajstić information content (AvgIpc) is 3.88. The summed E-state index contributed by atoms with van der Waals surface area (Å²) in [4.78, 5) is 0. The van der Waals surface area contributed by atoms with Crippen LogP contribution in [0.1, 0.15) is 11.1 Å². The Bertz CT molecular complexity index is 3420. The minimum atomic E-state index is 0.590. The highest BCUT2D eigenvalue weighted by Crippen LogP contribution is 2.41. The standard InChI is InChI=1S/C50H29N5/c51-30-32-24-27-49-41(28-32)39-16-5-10-22-47(39)54(49)45-20-8-1-12-35(45)34-17-11-23-48(42(34)31-52)55-46-21-9-4-15-38(46)40-26-25-33(29-50(40)55)53-43-18-6-2-13-36(43)37-14-3-7-19-44(37)53/h1-29H. The van der Waals surface area contributed by atoms with E-state index in [2.05, 4.69) is 159 Å². The topological polar surface area (TPSA) is 62.4 Å². The molecule has 0 fully saturated rings. The van der Waals surface area contributed by atoms with Gasteiger partial charge in [-0.25, -0.2) is 0 Å². The van der Waals surface area contributed by atoms with Crippen molar-refractivity contribution in [2.75, 3.05) is 0 Å². The molecule has 0 aliphatic carbocycles. The smallest absolute Gasteiger partial charge is 0.102 e. The molecule has 3 aromatic heterocycles. The minimum absolute atomic E-state index is 0.590. The molecule has 3 heterocycles. The molecule has 0 amide bonds. The van der Waals surface area contributed by atoms with E-state index in [1.807, 2.05) is 42.5 Å². The van der Waals surface area contributed by atoms with Gasteiger partial charge in [0.15, 0.2) is 0 Å². The fourth-order valence-electron chi connectivity index (χ4n) is 8.83. The van der Waals surface area contributed by atoms with Crippen molar-refractivity contribution in [2.24, 2.45) is 0 Å². The Morgan fingerprint density at radius 3 is 1.45 bits per heavy atom. The van der Waals surface area contributed by atoms with E-state index in [1.165, 1.54) is 10.8 Å². The molecule has 0 radical (unpaired) electrons. The van der Waals surface area contributed by atoms with Crippen LogP contribution in [0, 0.1) is 22.7 Å². The van der Waals surface area contributed by atoms with Gasteiger partial charge in [0.2, 0.25) is 0 Å². The fraction of sp³-hybridized carbons (Fsp3) is 0. The summed E-state index contributed by atoms with van der Waals surface area (Å²) in [5.41, 5.74) is 12.2. The van der Waals surface area contributed by atoms with Gasteiger partial charge in [-0.3, -0.25) is 0 Å². The predicted octanol–water partition coefficient (Wildman–Crippen LogP) is 12.4. The van der Waals surface area contributed by atoms with E-state index in [1.54, 1.807) is 0 Å². The number of nitriles is 2. The second-order valence-electron chi connectivity index (χ2n) is 13.9. The number of benzene rings is 8. The van der Waals surface area contributed by atoms with Crippen LogP contribution >= 0.6 is 0 Å². The third-order valence-electron chi connectivity index (χ3n) is 11.1. The van der Waals surface area contributed by atoms with Crippen LogP contribution < -0.4 is 0 Å². The first-order valence-corrected chi connectivity index (χ1v) is 18.3. The van der Waals surface area contributed by atoms with Gasteiger partial charge >= 0.3 is 0 Å². The third-order valence-corrected chi connectivity index (χ3v) is 11.1. The summed E-state index contributed by atoms with van der Waals surface area (Å²) in [6.07, 6.45) is 0. The first kappa shape index (κ1) is 30.7. The maximum atomic E-state index is 11.2. The number of aromatic nitrogens is 3. The highest BCUT2D eigenvalue weighted by atomic mass is 15.0. The van der Waals surface area contributed by atoms with Crippen LogP contribution in [0.25, 0.3) is 93.6 Å². The molecule has 254 valence electrons. The number of hydrogen-bond acceptors (Lipinski definition) is 2. The first-order valence-electron chi connectivity index (χ1n) is 18.3. The van der Waals surface area contributed by atoms with Crippen LogP contribution in [0.2, 0.25) is 0 Å². The molecule has 0 unspecified atom stereocenters. The zero-order chi connectivity index (χ0) is 36.6. The molecular weight excluding hydrogens is 671 g/mol. The number of fused-ring (bicyclic) bond motifs is 9. The molecule has 0 N–H and O–H groups in total. The largest absolute Gasteiger partial charge is 0.309 e. The summed E-state index contributed by atoms with van der Waals surface area (Å²) >= 11 is 0. The summed E-state index contributed by atoms with van der Waals surface area (Å²) in [5, 5.41) is 27.7. The van der Waals surface area contributed by atoms with E-state index < -0.39 is 0 Å². The molecule has 0 saturated heterocycles. The molecule has 0 atom stereocenters. The van der Waals surface area contributed by atoms with Crippen molar-refractivity contribution in [1.29, 1.82) is 10.5 Å². The zero-order valence-electron chi connectivity index (χ0n) is 29.5. The van der Waals surface area contributed by atoms with E-state index in [4.69, 9.17) is 0 Å². The lowest BCUT2D eigenvalue weighted by Gasteiger charge is -2.18. The third kappa shape index (κ3) is 4.39. The van der Waals surface area contributed by atoms with Crippen LogP contribution in [0.4, 0.5) is 0 Å². The molecule has 8 aromatic carbocycles. The van der Waals surface area contributed by atoms with Gasteiger partial charge in [-0.15, -0.1) is 0 Å². The van der Waals surface area contributed by atoms with Crippen LogP contribution in [-0.4, -0.2) is 13.7 Å². The Balaban J connectivity index is 1.18. The van der Waals surface area contributed by atoms with Crippen LogP contribution in [-0.2, 0) is 0 Å². The summed E-state index contributed by atoms with van der Waals surface area (Å²) < 4.78 is 6.86. The quantitative estimate of drug-likeness (QED) is 0.184. The Labute approximate surface area is 316 Å². The predicted molar refractivity (Wildman–Crippen MR) is 224 cm³/mol. The van der Waals surface area contributed by atoms with Gasteiger partial charge in [0.25, 0.3) is 0 Å². The average molecular weight is 700 g/mol. The minimum Gasteiger partial charge on any atom is -0.309 e. The number of para-hydroxylation sites is 5. The number of nitrogens with zero attached hydrogens (tertiary/aromatic N) is 5. The Morgan fingerprint density at radius 1 is 0.327 bits per heavy atom. The van der Waals surface area contributed by atoms with Gasteiger partial charge in [0, 0.05) is 49.1 Å². The number of hydrogen-bond donors (Lipinski definition) is 0. The monoisotopic (exact) mass is 699 g/mol. The van der Waals surface area contributed by atoms with Crippen molar-refractivity contribution in [1.82, 2.24) is 13.7 Å². The van der Waals surface area contributed by atoms with Crippen molar-refractivity contribution < 1.29 is 0 Å². The second kappa shape index (κ2) is 11.8. The maximum absolute atomic E-state index is 11.2. The highest BCUT2D eigenvalue weighted by Gasteiger charge is 2.22. The van der Waals surface area contributed by atoms with Crippen molar-refractivity contribution in [2.45, 2.75) is 0 Å². The van der Waals surface area contributed by atoms with Crippen LogP contribution in [0.3, 0.4) is 0 Å². The van der Waals surface area contributed by atoms with E-state index in [9.17, 15) is 10.5 Å². The molecule has 11 aromatic rings. The van der Waals surface area contributed by atoms with Crippen LogP contribution in [0.15, 0.2) is 176 Å². The maximum Gasteiger partial charge on any atom is 0.102 e. The molecule has 5 nitrogen and oxygen atoms in total. The SMILES string of the molecule is N#Cc1ccc2c(c1)c1ccccc1n2-c1ccccc1-c1cccc(-n2c3ccccc3c3ccc(-n4c5ccccc5c5ccccc54)cc32)c1C#N. The van der Waals surface area contributed by atoms with E-state index in [0.717, 1.165) is 82.8 Å². The lowest BCUT2D eigenvalue weighted by Crippen LogP contribution is -2.02. The van der Waals surface area contributed by atoms with Gasteiger partial charge in [-0.1, -0.05) is 109 Å². The summed E-state index contributed by atoms with van der Waals surface area (Å²) in [7, 11) is 0. The zero-order valence-corrected chi connectivity index (χ0v) is 29.5. The summed E-state index contributed by atoms with van der Waals surface area (Å²) in [6.45, 7) is 0. The molecule has 0 spiro atoms.